The topological polar surface area (TPSA) is 281 Å². The number of amides is 2. The summed E-state index contributed by atoms with van der Waals surface area (Å²) < 4.78 is 65.4. The Bertz CT molecular complexity index is 1030. The Hall–Kier alpha value is -4.52. The summed E-state index contributed by atoms with van der Waals surface area (Å²) in [5, 5.41) is 5.34. The number of carbonyl (C=O) groups excluding carboxylic acids is 8. The quantitative estimate of drug-likeness (QED) is 0.0380. The van der Waals surface area contributed by atoms with Crippen molar-refractivity contribution in [1.29, 1.82) is 0 Å². The average molecular weight is 815 g/mol. The van der Waals surface area contributed by atoms with Gasteiger partial charge in [-0.25, -0.2) is 24.0 Å². The van der Waals surface area contributed by atoms with Gasteiger partial charge in [0.15, 0.2) is 0 Å². The molecule has 0 rings (SSSR count). The van der Waals surface area contributed by atoms with Crippen LogP contribution in [-0.2, 0) is 99.9 Å². The largest absolute Gasteiger partial charge is 0.469 e. The predicted octanol–water partition coefficient (Wildman–Crippen LogP) is -2.98. The lowest BCUT2D eigenvalue weighted by molar-refractivity contribution is -0.153. The van der Waals surface area contributed by atoms with Crippen molar-refractivity contribution >= 4 is 47.6 Å². The van der Waals surface area contributed by atoms with E-state index in [0.717, 1.165) is 35.5 Å². The molecular weight excluding hydrogens is 760 g/mol. The van der Waals surface area contributed by atoms with Gasteiger partial charge in [-0.05, 0) is 12.8 Å². The lowest BCUT2D eigenvalue weighted by Gasteiger charge is -2.34. The molecule has 0 bridgehead atoms. The minimum Gasteiger partial charge on any atom is -0.469 e. The minimum absolute atomic E-state index is 0.0216. The van der Waals surface area contributed by atoms with Crippen molar-refractivity contribution in [2.24, 2.45) is 0 Å². The molecule has 322 valence electrons. The molecule has 0 saturated carbocycles. The molecule has 0 saturated heterocycles. The summed E-state index contributed by atoms with van der Waals surface area (Å²) in [4.78, 5) is 95.9. The van der Waals surface area contributed by atoms with E-state index in [2.05, 4.69) is 39.1 Å². The summed E-state index contributed by atoms with van der Waals surface area (Å²) in [6, 6.07) is 0. The highest BCUT2D eigenvalue weighted by Crippen LogP contribution is 2.18. The molecule has 0 fully saturated rings. The zero-order valence-corrected chi connectivity index (χ0v) is 32.6. The first-order chi connectivity index (χ1) is 26.7. The molecule has 56 heavy (non-hydrogen) atoms. The molecule has 2 amide bonds. The Kier molecular flexibility index (Phi) is 28.2. The molecule has 0 radical (unpaired) electrons. The lowest BCUT2D eigenvalue weighted by Crippen LogP contribution is -2.59. The van der Waals surface area contributed by atoms with Crippen LogP contribution in [0.1, 0.15) is 19.3 Å². The Balaban J connectivity index is 5.50. The molecule has 2 N–H and O–H groups in total. The van der Waals surface area contributed by atoms with Gasteiger partial charge in [-0.2, -0.15) is 0 Å². The molecule has 23 heteroatoms. The van der Waals surface area contributed by atoms with Gasteiger partial charge in [0, 0.05) is 6.42 Å². The predicted molar refractivity (Wildman–Crippen MR) is 183 cm³/mol. The number of nitrogens with one attached hydrogen (secondary N) is 2. The van der Waals surface area contributed by atoms with Gasteiger partial charge in [-0.15, -0.1) is 0 Å². The van der Waals surface area contributed by atoms with E-state index in [4.69, 9.17) is 33.2 Å². The molecule has 0 aliphatic carbocycles. The molecule has 0 aromatic rings. The van der Waals surface area contributed by atoms with Gasteiger partial charge in [0.1, 0.15) is 51.8 Å². The first kappa shape index (κ1) is 51.5. The van der Waals surface area contributed by atoms with Crippen LogP contribution in [0.2, 0.25) is 0 Å². The minimum atomic E-state index is -1.56. The fraction of sp³-hybridized carbons (Fsp3) is 0.758. The van der Waals surface area contributed by atoms with Crippen LogP contribution in [0.4, 0.5) is 0 Å². The van der Waals surface area contributed by atoms with Crippen LogP contribution in [0, 0.1) is 0 Å². The standard InChI is InChI=1S/C33H54N2O21/c1-44-26(38)8-7-9-32(19-52-14-27(39)45-2,20-53-15-28(40)46-3)34-24(36)12-50-10-11-51-13-25(37)35-33(21-54-16-29(41)47-4,22-55-17-30(42)48-5)23-56-18-31(43)49-6/h7-23H2,1-6H3,(H,34,36)(H,35,37). The van der Waals surface area contributed by atoms with Crippen molar-refractivity contribution in [3.05, 3.63) is 0 Å². The zero-order chi connectivity index (χ0) is 42.2. The number of hydrogen-bond donors (Lipinski definition) is 2. The number of carbonyl (C=O) groups is 8. The number of hydrogen-bond acceptors (Lipinski definition) is 21. The Morgan fingerprint density at radius 2 is 0.661 bits per heavy atom. The molecule has 23 nitrogen and oxygen atoms in total. The summed E-state index contributed by atoms with van der Waals surface area (Å²) in [5.74, 6) is -5.47. The Morgan fingerprint density at radius 1 is 0.375 bits per heavy atom. The first-order valence-electron chi connectivity index (χ1n) is 16.8. The van der Waals surface area contributed by atoms with E-state index in [-0.39, 0.29) is 45.7 Å². The van der Waals surface area contributed by atoms with Crippen LogP contribution < -0.4 is 10.6 Å². The van der Waals surface area contributed by atoms with Crippen molar-refractivity contribution in [3.8, 4) is 0 Å². The second-order valence-electron chi connectivity index (χ2n) is 11.5. The fourth-order valence-electron chi connectivity index (χ4n) is 4.28. The molecular formula is C33H54N2O21. The van der Waals surface area contributed by atoms with Gasteiger partial charge < -0.3 is 72.2 Å². The van der Waals surface area contributed by atoms with E-state index in [1.54, 1.807) is 0 Å². The number of methoxy groups -OCH3 is 6. The second kappa shape index (κ2) is 30.7. The fourth-order valence-corrected chi connectivity index (χ4v) is 4.28. The summed E-state index contributed by atoms with van der Waals surface area (Å²) >= 11 is 0. The maximum absolute atomic E-state index is 13.0. The van der Waals surface area contributed by atoms with Crippen LogP contribution in [0.5, 0.6) is 0 Å². The van der Waals surface area contributed by atoms with E-state index in [1.165, 1.54) is 7.11 Å². The molecule has 0 aromatic carbocycles. The van der Waals surface area contributed by atoms with E-state index < -0.39 is 125 Å². The zero-order valence-electron chi connectivity index (χ0n) is 32.6. The van der Waals surface area contributed by atoms with Crippen molar-refractivity contribution in [2.45, 2.75) is 30.3 Å². The van der Waals surface area contributed by atoms with Crippen molar-refractivity contribution in [2.75, 3.05) is 135 Å². The van der Waals surface area contributed by atoms with Crippen LogP contribution in [0.25, 0.3) is 0 Å². The molecule has 0 spiro atoms. The number of esters is 6. The molecule has 0 aliphatic heterocycles. The summed E-state index contributed by atoms with van der Waals surface area (Å²) in [5.41, 5.74) is -2.91. The molecule has 0 aromatic heterocycles. The summed E-state index contributed by atoms with van der Waals surface area (Å²) in [6.07, 6.45) is 0.262. The smallest absolute Gasteiger partial charge is 0.331 e. The van der Waals surface area contributed by atoms with Crippen LogP contribution in [0.15, 0.2) is 0 Å². The lowest BCUT2D eigenvalue weighted by atomic mass is 9.93. The average Bonchev–Trinajstić information content (AvgIpc) is 3.18. The van der Waals surface area contributed by atoms with Gasteiger partial charge in [0.2, 0.25) is 11.8 Å². The molecule has 0 aliphatic rings. The monoisotopic (exact) mass is 814 g/mol. The van der Waals surface area contributed by atoms with Crippen molar-refractivity contribution in [1.82, 2.24) is 10.6 Å². The van der Waals surface area contributed by atoms with Crippen LogP contribution in [-0.4, -0.2) is 194 Å². The van der Waals surface area contributed by atoms with Gasteiger partial charge in [0.05, 0.1) is 94.4 Å². The van der Waals surface area contributed by atoms with E-state index in [1.807, 2.05) is 0 Å². The molecule has 0 unspecified atom stereocenters. The van der Waals surface area contributed by atoms with Gasteiger partial charge in [-0.3, -0.25) is 14.4 Å². The van der Waals surface area contributed by atoms with E-state index >= 15 is 0 Å². The Labute approximate surface area is 323 Å². The van der Waals surface area contributed by atoms with Gasteiger partial charge in [-0.1, -0.05) is 0 Å². The highest BCUT2D eigenvalue weighted by Gasteiger charge is 2.36. The van der Waals surface area contributed by atoms with Crippen LogP contribution in [0.3, 0.4) is 0 Å². The van der Waals surface area contributed by atoms with Gasteiger partial charge >= 0.3 is 35.8 Å². The summed E-state index contributed by atoms with van der Waals surface area (Å²) in [7, 11) is 6.98. The third-order valence-corrected chi connectivity index (χ3v) is 7.04. The highest BCUT2D eigenvalue weighted by molar-refractivity contribution is 5.79. The third-order valence-electron chi connectivity index (χ3n) is 7.04. The third kappa shape index (κ3) is 24.8. The van der Waals surface area contributed by atoms with Gasteiger partial charge in [0.25, 0.3) is 0 Å². The number of rotatable bonds is 33. The highest BCUT2D eigenvalue weighted by atomic mass is 16.6. The van der Waals surface area contributed by atoms with Crippen LogP contribution >= 0.6 is 0 Å². The normalized spacial score (nSPS) is 11.2. The SMILES string of the molecule is COC(=O)CCCC(COCC(=O)OC)(COCC(=O)OC)NC(=O)COCCOCC(=O)NC(COCC(=O)OC)(COCC(=O)OC)COCC(=O)OC. The van der Waals surface area contributed by atoms with E-state index in [0.29, 0.717) is 0 Å². The maximum Gasteiger partial charge on any atom is 0.331 e. The summed E-state index contributed by atoms with van der Waals surface area (Å²) in [6.45, 7) is -5.68. The number of ether oxygens (including phenoxy) is 13. The molecule has 0 atom stereocenters. The van der Waals surface area contributed by atoms with Crippen molar-refractivity contribution < 1.29 is 99.9 Å². The second-order valence-corrected chi connectivity index (χ2v) is 11.5. The Morgan fingerprint density at radius 3 is 0.964 bits per heavy atom. The molecule has 0 heterocycles. The van der Waals surface area contributed by atoms with E-state index in [9.17, 15) is 38.4 Å². The first-order valence-corrected chi connectivity index (χ1v) is 16.8. The maximum atomic E-state index is 13.0. The van der Waals surface area contributed by atoms with Crippen molar-refractivity contribution in [3.63, 3.8) is 0 Å².